The Bertz CT molecular complexity index is 821. The summed E-state index contributed by atoms with van der Waals surface area (Å²) in [6.45, 7) is 5.28. The number of aromatic amines is 1. The van der Waals surface area contributed by atoms with Crippen molar-refractivity contribution in [1.29, 1.82) is 0 Å². The third kappa shape index (κ3) is 3.18. The Hall–Kier alpha value is -1.79. The molecule has 0 unspecified atom stereocenters. The van der Waals surface area contributed by atoms with Crippen LogP contribution in [0, 0.1) is 0 Å². The summed E-state index contributed by atoms with van der Waals surface area (Å²) in [5, 5.41) is 1.06. The molecule has 0 atom stereocenters. The maximum Gasteiger partial charge on any atom is 0.229 e. The van der Waals surface area contributed by atoms with Gasteiger partial charge in [0.25, 0.3) is 0 Å². The molecular formula is C16H21N3O2S. The number of nitrogens with zero attached hydrogens (tertiary/aromatic N) is 1. The van der Waals surface area contributed by atoms with Crippen LogP contribution in [0.1, 0.15) is 18.9 Å². The molecule has 0 amide bonds. The molecule has 0 radical (unpaired) electrons. The van der Waals surface area contributed by atoms with Crippen LogP contribution in [0.2, 0.25) is 0 Å². The van der Waals surface area contributed by atoms with Gasteiger partial charge in [-0.15, -0.1) is 0 Å². The predicted molar refractivity (Wildman–Crippen MR) is 91.5 cm³/mol. The van der Waals surface area contributed by atoms with Gasteiger partial charge in [-0.05, 0) is 36.7 Å². The zero-order valence-corrected chi connectivity index (χ0v) is 13.7. The van der Waals surface area contributed by atoms with Crippen LogP contribution in [0.25, 0.3) is 16.5 Å². The van der Waals surface area contributed by atoms with Crippen molar-refractivity contribution in [3.63, 3.8) is 0 Å². The van der Waals surface area contributed by atoms with E-state index >= 15 is 0 Å². The van der Waals surface area contributed by atoms with E-state index in [4.69, 9.17) is 0 Å². The summed E-state index contributed by atoms with van der Waals surface area (Å²) in [4.78, 5) is 5.67. The number of hydrogen-bond donors (Lipinski definition) is 2. The van der Waals surface area contributed by atoms with Gasteiger partial charge >= 0.3 is 0 Å². The molecule has 2 aromatic rings. The Morgan fingerprint density at radius 1 is 1.36 bits per heavy atom. The van der Waals surface area contributed by atoms with E-state index in [1.807, 2.05) is 18.3 Å². The number of fused-ring (bicyclic) bond motifs is 1. The first-order valence-electron chi connectivity index (χ1n) is 7.47. The summed E-state index contributed by atoms with van der Waals surface area (Å²) in [7, 11) is -3.26. The van der Waals surface area contributed by atoms with Crippen molar-refractivity contribution < 1.29 is 8.42 Å². The lowest BCUT2D eigenvalue weighted by molar-refractivity contribution is 0.319. The topological polar surface area (TPSA) is 65.2 Å². The highest BCUT2D eigenvalue weighted by atomic mass is 32.2. The van der Waals surface area contributed by atoms with Crippen LogP contribution < -0.4 is 4.72 Å². The van der Waals surface area contributed by atoms with Gasteiger partial charge in [0.1, 0.15) is 0 Å². The molecule has 1 aliphatic heterocycles. The highest BCUT2D eigenvalue weighted by Crippen LogP contribution is 2.31. The summed E-state index contributed by atoms with van der Waals surface area (Å²) in [6.07, 6.45) is 6.47. The number of anilines is 1. The molecule has 118 valence electrons. The Labute approximate surface area is 131 Å². The minimum absolute atomic E-state index is 0.599. The van der Waals surface area contributed by atoms with Crippen LogP contribution >= 0.6 is 0 Å². The maximum absolute atomic E-state index is 11.4. The summed E-state index contributed by atoms with van der Waals surface area (Å²) in [5.41, 5.74) is 4.12. The van der Waals surface area contributed by atoms with E-state index < -0.39 is 10.0 Å². The van der Waals surface area contributed by atoms with Gasteiger partial charge in [-0.3, -0.25) is 9.62 Å². The first-order valence-corrected chi connectivity index (χ1v) is 9.36. The largest absolute Gasteiger partial charge is 0.361 e. The van der Waals surface area contributed by atoms with Crippen LogP contribution in [0.4, 0.5) is 5.69 Å². The second-order valence-corrected chi connectivity index (χ2v) is 7.46. The van der Waals surface area contributed by atoms with Gasteiger partial charge < -0.3 is 4.98 Å². The summed E-state index contributed by atoms with van der Waals surface area (Å²) in [6, 6.07) is 5.58. The van der Waals surface area contributed by atoms with Gasteiger partial charge in [0.2, 0.25) is 10.0 Å². The van der Waals surface area contributed by atoms with Crippen LogP contribution in [-0.4, -0.2) is 44.2 Å². The summed E-state index contributed by atoms with van der Waals surface area (Å²) in [5.74, 6) is 0. The SMILES string of the molecule is CCN1CC=C(c2c[nH]c3ccc(NS(C)(=O)=O)cc23)CC1. The smallest absolute Gasteiger partial charge is 0.229 e. The quantitative estimate of drug-likeness (QED) is 0.910. The van der Waals surface area contributed by atoms with Crippen molar-refractivity contribution in [2.45, 2.75) is 13.3 Å². The number of H-pyrrole nitrogens is 1. The average molecular weight is 319 g/mol. The lowest BCUT2D eigenvalue weighted by Crippen LogP contribution is -2.27. The predicted octanol–water partition coefficient (Wildman–Crippen LogP) is 2.65. The molecule has 1 aromatic carbocycles. The van der Waals surface area contributed by atoms with Gasteiger partial charge in [0.15, 0.2) is 0 Å². The molecule has 2 N–H and O–H groups in total. The number of nitrogens with one attached hydrogen (secondary N) is 2. The van der Waals surface area contributed by atoms with Crippen molar-refractivity contribution in [3.8, 4) is 0 Å². The number of likely N-dealkylation sites (N-methyl/N-ethyl adjacent to an activating group) is 1. The molecule has 0 aliphatic carbocycles. The Balaban J connectivity index is 1.97. The van der Waals surface area contributed by atoms with Gasteiger partial charge in [0, 0.05) is 41.4 Å². The minimum Gasteiger partial charge on any atom is -0.361 e. The second-order valence-electron chi connectivity index (χ2n) is 5.71. The third-order valence-corrected chi connectivity index (χ3v) is 4.68. The molecule has 6 heteroatoms. The average Bonchev–Trinajstić information content (AvgIpc) is 2.89. The lowest BCUT2D eigenvalue weighted by Gasteiger charge is -2.24. The number of hydrogen-bond acceptors (Lipinski definition) is 3. The third-order valence-electron chi connectivity index (χ3n) is 4.07. The molecular weight excluding hydrogens is 298 g/mol. The van der Waals surface area contributed by atoms with E-state index in [2.05, 4.69) is 27.6 Å². The molecule has 1 aromatic heterocycles. The fraction of sp³-hybridized carbons (Fsp3) is 0.375. The number of benzene rings is 1. The van der Waals surface area contributed by atoms with Crippen LogP contribution in [0.5, 0.6) is 0 Å². The molecule has 1 aliphatic rings. The summed E-state index contributed by atoms with van der Waals surface area (Å²) < 4.78 is 25.3. The normalized spacial score (nSPS) is 16.7. The lowest BCUT2D eigenvalue weighted by atomic mass is 9.99. The Morgan fingerprint density at radius 2 is 2.18 bits per heavy atom. The number of sulfonamides is 1. The monoisotopic (exact) mass is 319 g/mol. The van der Waals surface area contributed by atoms with Crippen molar-refractivity contribution in [1.82, 2.24) is 9.88 Å². The van der Waals surface area contributed by atoms with E-state index in [-0.39, 0.29) is 0 Å². The molecule has 0 saturated carbocycles. The molecule has 0 bridgehead atoms. The van der Waals surface area contributed by atoms with Crippen molar-refractivity contribution in [3.05, 3.63) is 36.0 Å². The van der Waals surface area contributed by atoms with E-state index in [9.17, 15) is 8.42 Å². The zero-order valence-electron chi connectivity index (χ0n) is 12.9. The number of aromatic nitrogens is 1. The van der Waals surface area contributed by atoms with Crippen molar-refractivity contribution >= 4 is 32.2 Å². The molecule has 0 fully saturated rings. The fourth-order valence-electron chi connectivity index (χ4n) is 2.91. The van der Waals surface area contributed by atoms with Crippen molar-refractivity contribution in [2.24, 2.45) is 0 Å². The summed E-state index contributed by atoms with van der Waals surface area (Å²) >= 11 is 0. The molecule has 0 spiro atoms. The molecule has 0 saturated heterocycles. The van der Waals surface area contributed by atoms with E-state index in [0.717, 1.165) is 43.2 Å². The van der Waals surface area contributed by atoms with E-state index in [1.54, 1.807) is 6.07 Å². The van der Waals surface area contributed by atoms with Crippen LogP contribution in [0.3, 0.4) is 0 Å². The van der Waals surface area contributed by atoms with Gasteiger partial charge in [-0.1, -0.05) is 13.0 Å². The Kier molecular flexibility index (Phi) is 3.97. The van der Waals surface area contributed by atoms with Gasteiger partial charge in [0.05, 0.1) is 6.26 Å². The van der Waals surface area contributed by atoms with E-state index in [1.165, 1.54) is 11.1 Å². The first-order chi connectivity index (χ1) is 10.5. The number of rotatable bonds is 4. The standard InChI is InChI=1S/C16H21N3O2S/c1-3-19-8-6-12(7-9-19)15-11-17-16-5-4-13(10-14(15)16)18-22(2,20)21/h4-6,10-11,17-18H,3,7-9H2,1-2H3. The first kappa shape index (κ1) is 15.1. The molecule has 3 rings (SSSR count). The Morgan fingerprint density at radius 3 is 2.82 bits per heavy atom. The van der Waals surface area contributed by atoms with Gasteiger partial charge in [-0.2, -0.15) is 0 Å². The van der Waals surface area contributed by atoms with Gasteiger partial charge in [-0.25, -0.2) is 8.42 Å². The van der Waals surface area contributed by atoms with Crippen LogP contribution in [0.15, 0.2) is 30.5 Å². The van der Waals surface area contributed by atoms with Crippen molar-refractivity contribution in [2.75, 3.05) is 30.6 Å². The second kappa shape index (κ2) is 5.78. The molecule has 22 heavy (non-hydrogen) atoms. The van der Waals surface area contributed by atoms with E-state index in [0.29, 0.717) is 5.69 Å². The highest BCUT2D eigenvalue weighted by molar-refractivity contribution is 7.92. The highest BCUT2D eigenvalue weighted by Gasteiger charge is 2.15. The molecule has 5 nitrogen and oxygen atoms in total. The minimum atomic E-state index is -3.26. The maximum atomic E-state index is 11.4. The molecule has 2 heterocycles. The fourth-order valence-corrected chi connectivity index (χ4v) is 3.46. The zero-order chi connectivity index (χ0) is 15.7. The van der Waals surface area contributed by atoms with Crippen LogP contribution in [-0.2, 0) is 10.0 Å².